The van der Waals surface area contributed by atoms with Gasteiger partial charge in [-0.05, 0) is 47.3 Å². The van der Waals surface area contributed by atoms with E-state index < -0.39 is 10.8 Å². The third-order valence-corrected chi connectivity index (χ3v) is 5.99. The van der Waals surface area contributed by atoms with Gasteiger partial charge in [0.2, 0.25) is 5.91 Å². The molecule has 1 aliphatic rings. The number of halogens is 1. The molecule has 1 aliphatic heterocycles. The summed E-state index contributed by atoms with van der Waals surface area (Å²) in [5.74, 6) is -0.612. The Morgan fingerprint density at radius 1 is 1.06 bits per heavy atom. The van der Waals surface area contributed by atoms with Gasteiger partial charge >= 0.3 is 0 Å². The van der Waals surface area contributed by atoms with Crippen molar-refractivity contribution in [1.82, 2.24) is 4.90 Å². The van der Waals surface area contributed by atoms with Crippen molar-refractivity contribution in [3.05, 3.63) is 69.3 Å². The minimum absolute atomic E-state index is 0.0257. The van der Waals surface area contributed by atoms with Gasteiger partial charge < -0.3 is 15.4 Å². The van der Waals surface area contributed by atoms with Crippen LogP contribution in [0.3, 0.4) is 0 Å². The standard InChI is InChI=1S/C22H22BrN3O5/c1-31-18-8-4-3-7-16(18)20(23)19(22(28)25-11-5-2-6-12-25)17-13-14(26(29)30)9-10-15(17)21(24)27/h3-4,7-10,13H,2,5-6,11-12H2,1H3,(H2,24,27)/b20-19-. The maximum Gasteiger partial charge on any atom is 0.270 e. The summed E-state index contributed by atoms with van der Waals surface area (Å²) in [5.41, 5.74) is 6.15. The first-order chi connectivity index (χ1) is 14.8. The molecule has 31 heavy (non-hydrogen) atoms. The highest BCUT2D eigenvalue weighted by atomic mass is 79.9. The Labute approximate surface area is 187 Å². The third kappa shape index (κ3) is 4.77. The molecule has 1 saturated heterocycles. The van der Waals surface area contributed by atoms with E-state index in [1.54, 1.807) is 29.2 Å². The first-order valence-corrected chi connectivity index (χ1v) is 10.6. The number of primary amides is 1. The molecule has 0 radical (unpaired) electrons. The van der Waals surface area contributed by atoms with Crippen LogP contribution in [-0.2, 0) is 4.79 Å². The average molecular weight is 488 g/mol. The first-order valence-electron chi connectivity index (χ1n) is 9.76. The summed E-state index contributed by atoms with van der Waals surface area (Å²) in [7, 11) is 1.51. The second kappa shape index (κ2) is 9.74. The lowest BCUT2D eigenvalue weighted by atomic mass is 9.94. The van der Waals surface area contributed by atoms with Gasteiger partial charge in [0.05, 0.1) is 17.6 Å². The Hall–Kier alpha value is -3.20. The number of hydrogen-bond acceptors (Lipinski definition) is 5. The average Bonchev–Trinajstić information content (AvgIpc) is 2.79. The molecule has 1 fully saturated rings. The summed E-state index contributed by atoms with van der Waals surface area (Å²) in [6, 6.07) is 10.8. The molecule has 0 spiro atoms. The zero-order valence-electron chi connectivity index (χ0n) is 17.0. The molecule has 2 aromatic rings. The second-order valence-electron chi connectivity index (χ2n) is 7.09. The van der Waals surface area contributed by atoms with Gasteiger partial charge in [-0.2, -0.15) is 0 Å². The molecule has 162 valence electrons. The fraction of sp³-hybridized carbons (Fsp3) is 0.273. The Kier molecular flexibility index (Phi) is 7.06. The van der Waals surface area contributed by atoms with Crippen LogP contribution < -0.4 is 10.5 Å². The second-order valence-corrected chi connectivity index (χ2v) is 7.89. The number of carbonyl (C=O) groups is 2. The number of nitrogens with two attached hydrogens (primary N) is 1. The summed E-state index contributed by atoms with van der Waals surface area (Å²) in [6.07, 6.45) is 2.76. The number of likely N-dealkylation sites (tertiary alicyclic amines) is 1. The lowest BCUT2D eigenvalue weighted by Crippen LogP contribution is -2.36. The molecule has 2 amide bonds. The highest BCUT2D eigenvalue weighted by Crippen LogP contribution is 2.39. The molecular formula is C22H22BrN3O5. The van der Waals surface area contributed by atoms with E-state index in [1.165, 1.54) is 25.3 Å². The molecule has 0 atom stereocenters. The zero-order valence-corrected chi connectivity index (χ0v) is 18.6. The summed E-state index contributed by atoms with van der Waals surface area (Å²) in [4.78, 5) is 38.3. The van der Waals surface area contributed by atoms with Crippen LogP contribution in [0.4, 0.5) is 5.69 Å². The van der Waals surface area contributed by atoms with Crippen molar-refractivity contribution < 1.29 is 19.2 Å². The van der Waals surface area contributed by atoms with E-state index in [4.69, 9.17) is 10.5 Å². The number of ether oxygens (including phenoxy) is 1. The van der Waals surface area contributed by atoms with Gasteiger partial charge in [0.25, 0.3) is 11.6 Å². The number of hydrogen-bond donors (Lipinski definition) is 1. The first kappa shape index (κ1) is 22.5. The Morgan fingerprint density at radius 2 is 1.74 bits per heavy atom. The van der Waals surface area contributed by atoms with Crippen molar-refractivity contribution in [1.29, 1.82) is 0 Å². The van der Waals surface area contributed by atoms with E-state index in [0.717, 1.165) is 19.3 Å². The highest BCUT2D eigenvalue weighted by Gasteiger charge is 2.29. The quantitative estimate of drug-likeness (QED) is 0.286. The van der Waals surface area contributed by atoms with E-state index in [1.807, 2.05) is 0 Å². The molecule has 0 saturated carbocycles. The van der Waals surface area contributed by atoms with Crippen molar-refractivity contribution in [2.24, 2.45) is 5.73 Å². The number of nitro benzene ring substituents is 1. The fourth-order valence-electron chi connectivity index (χ4n) is 3.61. The molecule has 0 aromatic heterocycles. The number of piperidine rings is 1. The van der Waals surface area contributed by atoms with E-state index in [9.17, 15) is 19.7 Å². The number of non-ortho nitro benzene ring substituents is 1. The van der Waals surface area contributed by atoms with Crippen LogP contribution in [-0.4, -0.2) is 41.8 Å². The molecule has 0 bridgehead atoms. The monoisotopic (exact) mass is 487 g/mol. The number of carbonyl (C=O) groups excluding carboxylic acids is 2. The van der Waals surface area contributed by atoms with Crippen LogP contribution >= 0.6 is 15.9 Å². The van der Waals surface area contributed by atoms with Gasteiger partial charge in [-0.1, -0.05) is 18.2 Å². The molecule has 1 heterocycles. The van der Waals surface area contributed by atoms with Crippen LogP contribution in [0.2, 0.25) is 0 Å². The van der Waals surface area contributed by atoms with E-state index in [2.05, 4.69) is 15.9 Å². The van der Waals surface area contributed by atoms with Crippen LogP contribution in [0.25, 0.3) is 10.1 Å². The molecule has 2 N–H and O–H groups in total. The fourth-order valence-corrected chi connectivity index (χ4v) is 4.32. The molecule has 0 unspecified atom stereocenters. The lowest BCUT2D eigenvalue weighted by molar-refractivity contribution is -0.384. The smallest absolute Gasteiger partial charge is 0.270 e. The molecular weight excluding hydrogens is 466 g/mol. The van der Waals surface area contributed by atoms with Crippen LogP contribution in [0, 0.1) is 10.1 Å². The maximum atomic E-state index is 13.6. The van der Waals surface area contributed by atoms with Crippen LogP contribution in [0.5, 0.6) is 5.75 Å². The lowest BCUT2D eigenvalue weighted by Gasteiger charge is -2.29. The largest absolute Gasteiger partial charge is 0.496 e. The van der Waals surface area contributed by atoms with Crippen molar-refractivity contribution >= 4 is 43.5 Å². The van der Waals surface area contributed by atoms with Gasteiger partial charge in [-0.25, -0.2) is 0 Å². The highest BCUT2D eigenvalue weighted by molar-refractivity contribution is 9.15. The number of methoxy groups -OCH3 is 1. The molecule has 3 rings (SSSR count). The number of nitro groups is 1. The van der Waals surface area contributed by atoms with E-state index >= 15 is 0 Å². The Balaban J connectivity index is 2.31. The maximum absolute atomic E-state index is 13.6. The van der Waals surface area contributed by atoms with Crippen LogP contribution in [0.15, 0.2) is 42.5 Å². The van der Waals surface area contributed by atoms with Gasteiger partial charge in [-0.15, -0.1) is 0 Å². The number of benzene rings is 2. The van der Waals surface area contributed by atoms with Gasteiger partial charge in [-0.3, -0.25) is 19.7 Å². The van der Waals surface area contributed by atoms with Crippen molar-refractivity contribution in [3.63, 3.8) is 0 Å². The summed E-state index contributed by atoms with van der Waals surface area (Å²) in [6.45, 7) is 1.13. The zero-order chi connectivity index (χ0) is 22.5. The van der Waals surface area contributed by atoms with Gasteiger partial charge in [0.15, 0.2) is 0 Å². The minimum Gasteiger partial charge on any atom is -0.496 e. The normalized spacial score (nSPS) is 14.6. The van der Waals surface area contributed by atoms with Gasteiger partial charge in [0, 0.05) is 46.4 Å². The van der Waals surface area contributed by atoms with E-state index in [-0.39, 0.29) is 28.3 Å². The molecule has 2 aromatic carbocycles. The predicted molar refractivity (Wildman–Crippen MR) is 121 cm³/mol. The van der Waals surface area contributed by atoms with Crippen molar-refractivity contribution in [2.75, 3.05) is 20.2 Å². The number of amides is 2. The van der Waals surface area contributed by atoms with Crippen molar-refractivity contribution in [2.45, 2.75) is 19.3 Å². The van der Waals surface area contributed by atoms with Crippen molar-refractivity contribution in [3.8, 4) is 5.75 Å². The number of rotatable bonds is 6. The SMILES string of the molecule is COc1ccccc1/C(Br)=C(/C(=O)N1CCCCC1)c1cc([N+](=O)[O-])ccc1C(N)=O. The molecule has 9 heteroatoms. The van der Waals surface area contributed by atoms with Crippen LogP contribution in [0.1, 0.15) is 40.7 Å². The number of nitrogens with zero attached hydrogens (tertiary/aromatic N) is 2. The predicted octanol–water partition coefficient (Wildman–Crippen LogP) is 3.98. The Morgan fingerprint density at radius 3 is 2.35 bits per heavy atom. The minimum atomic E-state index is -0.783. The third-order valence-electron chi connectivity index (χ3n) is 5.17. The summed E-state index contributed by atoms with van der Waals surface area (Å²) >= 11 is 3.52. The van der Waals surface area contributed by atoms with Gasteiger partial charge in [0.1, 0.15) is 5.75 Å². The molecule has 8 nitrogen and oxygen atoms in total. The summed E-state index contributed by atoms with van der Waals surface area (Å²) in [5, 5.41) is 11.4. The Bertz CT molecular complexity index is 1060. The topological polar surface area (TPSA) is 116 Å². The number of para-hydroxylation sites is 1. The summed E-state index contributed by atoms with van der Waals surface area (Å²) < 4.78 is 5.79. The van der Waals surface area contributed by atoms with E-state index in [0.29, 0.717) is 28.9 Å². The molecule has 0 aliphatic carbocycles.